The molecular formula is C40H50O8. The highest BCUT2D eigenvalue weighted by Gasteiger charge is 2.85. The van der Waals surface area contributed by atoms with Crippen LogP contribution in [0.15, 0.2) is 41.5 Å². The molecule has 258 valence electrons. The van der Waals surface area contributed by atoms with Gasteiger partial charge in [-0.15, -0.1) is 0 Å². The van der Waals surface area contributed by atoms with Gasteiger partial charge >= 0.3 is 5.97 Å². The molecule has 4 saturated carbocycles. The summed E-state index contributed by atoms with van der Waals surface area (Å²) in [5.41, 5.74) is 2.84. The number of hydrogen-bond donors (Lipinski definition) is 1. The number of fused-ring (bicyclic) bond motifs is 6. The topological polar surface area (TPSA) is 92.7 Å². The number of aliphatic hydroxyl groups excluding tert-OH is 1. The molecule has 8 nitrogen and oxygen atoms in total. The van der Waals surface area contributed by atoms with E-state index in [4.69, 9.17) is 28.4 Å². The summed E-state index contributed by atoms with van der Waals surface area (Å²) < 4.78 is 35.8. The van der Waals surface area contributed by atoms with Crippen molar-refractivity contribution in [3.8, 4) is 11.5 Å². The first-order valence-electron chi connectivity index (χ1n) is 18.4. The average Bonchev–Trinajstić information content (AvgIpc) is 3.45. The van der Waals surface area contributed by atoms with Crippen molar-refractivity contribution in [1.29, 1.82) is 0 Å². The Morgan fingerprint density at radius 2 is 1.81 bits per heavy atom. The van der Waals surface area contributed by atoms with E-state index >= 15 is 0 Å². The van der Waals surface area contributed by atoms with Crippen LogP contribution < -0.4 is 9.47 Å². The number of carbonyl (C=O) groups is 1. The van der Waals surface area contributed by atoms with Gasteiger partial charge < -0.3 is 33.5 Å². The fraction of sp³-hybridized carbons (Fsp3) is 0.725. The van der Waals surface area contributed by atoms with Gasteiger partial charge in [0.25, 0.3) is 0 Å². The minimum absolute atomic E-state index is 0.00775. The van der Waals surface area contributed by atoms with Crippen molar-refractivity contribution in [2.75, 3.05) is 27.1 Å². The predicted molar refractivity (Wildman–Crippen MR) is 175 cm³/mol. The maximum Gasteiger partial charge on any atom is 0.336 e. The van der Waals surface area contributed by atoms with Gasteiger partial charge in [0.2, 0.25) is 12.6 Å². The van der Waals surface area contributed by atoms with Gasteiger partial charge in [0.15, 0.2) is 11.5 Å². The van der Waals surface area contributed by atoms with Crippen LogP contribution in [0, 0.1) is 44.8 Å². The van der Waals surface area contributed by atoms with Gasteiger partial charge in [0, 0.05) is 29.9 Å². The van der Waals surface area contributed by atoms with E-state index in [1.54, 1.807) is 7.11 Å². The summed E-state index contributed by atoms with van der Waals surface area (Å²) in [6.45, 7) is 10.7. The van der Waals surface area contributed by atoms with Crippen molar-refractivity contribution < 1.29 is 38.3 Å². The van der Waals surface area contributed by atoms with Crippen LogP contribution in [-0.4, -0.2) is 55.7 Å². The first-order chi connectivity index (χ1) is 22.8. The van der Waals surface area contributed by atoms with E-state index < -0.39 is 11.4 Å². The maximum absolute atomic E-state index is 13.6. The molecule has 1 aromatic rings. The lowest BCUT2D eigenvalue weighted by atomic mass is 9.37. The fourth-order valence-corrected chi connectivity index (χ4v) is 13.9. The number of ether oxygens (including phenoxy) is 6. The average molecular weight is 659 g/mol. The molecule has 12 atom stereocenters. The molecule has 5 aliphatic carbocycles. The van der Waals surface area contributed by atoms with Crippen molar-refractivity contribution in [3.63, 3.8) is 0 Å². The summed E-state index contributed by atoms with van der Waals surface area (Å²) in [4.78, 5) is 13.6. The van der Waals surface area contributed by atoms with Gasteiger partial charge in [-0.05, 0) is 116 Å². The van der Waals surface area contributed by atoms with Crippen molar-refractivity contribution in [3.05, 3.63) is 47.1 Å². The first-order valence-corrected chi connectivity index (χ1v) is 18.4. The van der Waals surface area contributed by atoms with Crippen molar-refractivity contribution in [2.45, 2.75) is 109 Å². The Labute approximate surface area is 283 Å². The van der Waals surface area contributed by atoms with E-state index in [1.807, 2.05) is 19.1 Å². The van der Waals surface area contributed by atoms with E-state index in [-0.39, 0.29) is 58.0 Å². The van der Waals surface area contributed by atoms with Gasteiger partial charge in [-0.25, -0.2) is 4.79 Å². The van der Waals surface area contributed by atoms with Crippen LogP contribution in [-0.2, 0) is 23.7 Å². The van der Waals surface area contributed by atoms with Gasteiger partial charge in [-0.1, -0.05) is 38.5 Å². The fourth-order valence-electron chi connectivity index (χ4n) is 13.9. The first kappa shape index (κ1) is 30.4. The Bertz CT molecular complexity index is 1680. The van der Waals surface area contributed by atoms with Crippen LogP contribution >= 0.6 is 0 Å². The molecule has 8 heteroatoms. The Hall–Kier alpha value is -2.39. The molecule has 0 amide bonds. The largest absolute Gasteiger partial charge is 0.454 e. The molecule has 1 spiro atoms. The Morgan fingerprint density at radius 3 is 2.62 bits per heavy atom. The minimum Gasteiger partial charge on any atom is -0.454 e. The molecule has 10 rings (SSSR count). The molecule has 0 unspecified atom stereocenters. The maximum atomic E-state index is 13.6. The van der Waals surface area contributed by atoms with Gasteiger partial charge in [-0.3, -0.25) is 0 Å². The molecule has 0 bridgehead atoms. The number of rotatable bonds is 3. The van der Waals surface area contributed by atoms with Crippen molar-refractivity contribution in [2.24, 2.45) is 44.8 Å². The molecule has 6 fully saturated rings. The highest BCUT2D eigenvalue weighted by molar-refractivity contribution is 5.92. The predicted octanol–water partition coefficient (Wildman–Crippen LogP) is 6.81. The SMILES string of the molecule is CO[C@]1(C)CO[C@@]2(C=C([C@@H]3CC[C@]45C[C@]34CC[C@@H]3[C@@]4(C)CC=C6C[C@@H](c7ccc8c(c7)OCO8)OC[C@]6(C)[C@@H]4C[C@@H](O)[C@]35C)C(=O)O2)C1. The van der Waals surface area contributed by atoms with Crippen LogP contribution in [0.25, 0.3) is 0 Å². The van der Waals surface area contributed by atoms with Crippen LogP contribution in [0.3, 0.4) is 0 Å². The molecule has 9 aliphatic rings. The molecule has 0 aromatic heterocycles. The zero-order chi connectivity index (χ0) is 33.1. The molecule has 1 aromatic carbocycles. The molecule has 4 aliphatic heterocycles. The highest BCUT2D eigenvalue weighted by atomic mass is 16.7. The third-order valence-corrected chi connectivity index (χ3v) is 16.4. The zero-order valence-electron chi connectivity index (χ0n) is 29.1. The smallest absolute Gasteiger partial charge is 0.336 e. The number of esters is 1. The summed E-state index contributed by atoms with van der Waals surface area (Å²) in [5, 5.41) is 12.5. The monoisotopic (exact) mass is 658 g/mol. The summed E-state index contributed by atoms with van der Waals surface area (Å²) in [6, 6.07) is 6.19. The second-order valence-corrected chi connectivity index (χ2v) is 18.1. The summed E-state index contributed by atoms with van der Waals surface area (Å²) in [6.07, 6.45) is 12.8. The molecule has 0 radical (unpaired) electrons. The Kier molecular flexibility index (Phi) is 5.88. The molecule has 48 heavy (non-hydrogen) atoms. The van der Waals surface area contributed by atoms with Crippen LogP contribution in [0.1, 0.15) is 97.1 Å². The van der Waals surface area contributed by atoms with E-state index in [1.165, 1.54) is 5.57 Å². The Balaban J connectivity index is 0.942. The van der Waals surface area contributed by atoms with E-state index in [9.17, 15) is 9.90 Å². The van der Waals surface area contributed by atoms with Gasteiger partial charge in [0.1, 0.15) is 0 Å². The van der Waals surface area contributed by atoms with Crippen LogP contribution in [0.4, 0.5) is 0 Å². The third-order valence-electron chi connectivity index (χ3n) is 16.4. The van der Waals surface area contributed by atoms with E-state index in [0.29, 0.717) is 31.5 Å². The molecule has 2 saturated heterocycles. The number of aliphatic hydroxyl groups is 1. The highest BCUT2D eigenvalue weighted by Crippen LogP contribution is 2.91. The lowest BCUT2D eigenvalue weighted by molar-refractivity contribution is -0.224. The second-order valence-electron chi connectivity index (χ2n) is 18.1. The van der Waals surface area contributed by atoms with Gasteiger partial charge in [-0.2, -0.15) is 0 Å². The van der Waals surface area contributed by atoms with Crippen LogP contribution in [0.5, 0.6) is 11.5 Å². The number of hydrogen-bond acceptors (Lipinski definition) is 8. The van der Waals surface area contributed by atoms with Crippen molar-refractivity contribution >= 4 is 5.97 Å². The van der Waals surface area contributed by atoms with E-state index in [0.717, 1.165) is 74.0 Å². The lowest BCUT2D eigenvalue weighted by Crippen LogP contribution is -2.65. The Morgan fingerprint density at radius 1 is 0.979 bits per heavy atom. The third kappa shape index (κ3) is 3.49. The normalized spacial score (nSPS) is 52.5. The number of allylic oxidation sites excluding steroid dienone is 1. The second kappa shape index (κ2) is 9.28. The molecule has 4 heterocycles. The van der Waals surface area contributed by atoms with Gasteiger partial charge in [0.05, 0.1) is 31.0 Å². The zero-order valence-corrected chi connectivity index (χ0v) is 29.1. The molecular weight excluding hydrogens is 608 g/mol. The number of methoxy groups -OCH3 is 1. The standard InChI is InChI=1S/C40H50O8/c1-34(43-5)18-40(47-20-34)17-25(33(42)48-40)26-9-13-39-19-38(26,39)12-10-30-35(2)11-8-24-15-28(23-6-7-27-29(14-23)46-22-45-27)44-21-36(24,3)31(35)16-32(41)37(30,39)4/h6-8,14,17,26,28,30-32,41H,9-13,15-16,18-22H2,1-5H3/t26-,28-,30+,31+,32+,34-,35+,36-,37-,38+,39+,40+/m0/s1. The van der Waals surface area contributed by atoms with Crippen LogP contribution in [0.2, 0.25) is 0 Å². The number of carbonyl (C=O) groups excluding carboxylic acids is 1. The summed E-state index contributed by atoms with van der Waals surface area (Å²) in [7, 11) is 1.69. The van der Waals surface area contributed by atoms with Crippen molar-refractivity contribution in [1.82, 2.24) is 0 Å². The summed E-state index contributed by atoms with van der Waals surface area (Å²) >= 11 is 0. The summed E-state index contributed by atoms with van der Waals surface area (Å²) in [5.74, 6) is 1.29. The van der Waals surface area contributed by atoms with E-state index in [2.05, 4.69) is 39.0 Å². The molecule has 1 N–H and O–H groups in total. The lowest BCUT2D eigenvalue weighted by Gasteiger charge is -2.68. The minimum atomic E-state index is -1.01. The number of benzene rings is 1. The quantitative estimate of drug-likeness (QED) is 0.280.